The number of piperidine rings is 1. The molecule has 4 heteroatoms. The van der Waals surface area contributed by atoms with E-state index in [0.29, 0.717) is 19.2 Å². The van der Waals surface area contributed by atoms with Crippen LogP contribution in [0.5, 0.6) is 0 Å². The number of ether oxygens (including phenoxy) is 1. The fourth-order valence-electron chi connectivity index (χ4n) is 1.76. The third-order valence-corrected chi connectivity index (χ3v) is 2.65. The summed E-state index contributed by atoms with van der Waals surface area (Å²) in [6.45, 7) is 4.17. The van der Waals surface area contributed by atoms with Crippen LogP contribution >= 0.6 is 0 Å². The number of likely N-dealkylation sites (tertiary alicyclic amines) is 1. The SMILES string of the molecule is COCCNC(=O)N1CCCC[C@H]1C. The van der Waals surface area contributed by atoms with Crippen molar-refractivity contribution in [2.75, 3.05) is 26.8 Å². The molecule has 2 amide bonds. The lowest BCUT2D eigenvalue weighted by Gasteiger charge is -2.33. The van der Waals surface area contributed by atoms with Crippen LogP contribution in [0.15, 0.2) is 0 Å². The number of urea groups is 1. The molecule has 1 fully saturated rings. The normalized spacial score (nSPS) is 22.1. The van der Waals surface area contributed by atoms with Crippen LogP contribution in [0.2, 0.25) is 0 Å². The first-order valence-corrected chi connectivity index (χ1v) is 5.29. The van der Waals surface area contributed by atoms with Crippen molar-refractivity contribution in [1.82, 2.24) is 10.2 Å². The minimum atomic E-state index is 0.0502. The molecule has 0 saturated carbocycles. The lowest BCUT2D eigenvalue weighted by atomic mass is 10.0. The largest absolute Gasteiger partial charge is 0.383 e. The van der Waals surface area contributed by atoms with Crippen LogP contribution in [-0.2, 0) is 4.74 Å². The lowest BCUT2D eigenvalue weighted by Crippen LogP contribution is -2.48. The Morgan fingerprint density at radius 3 is 3.00 bits per heavy atom. The summed E-state index contributed by atoms with van der Waals surface area (Å²) in [6, 6.07) is 0.431. The number of carbonyl (C=O) groups excluding carboxylic acids is 1. The molecule has 1 aliphatic heterocycles. The van der Waals surface area contributed by atoms with Gasteiger partial charge in [0.1, 0.15) is 0 Å². The monoisotopic (exact) mass is 200 g/mol. The highest BCUT2D eigenvalue weighted by Gasteiger charge is 2.22. The van der Waals surface area contributed by atoms with Crippen molar-refractivity contribution in [1.29, 1.82) is 0 Å². The van der Waals surface area contributed by atoms with E-state index in [1.54, 1.807) is 7.11 Å². The zero-order chi connectivity index (χ0) is 10.4. The van der Waals surface area contributed by atoms with Crippen molar-refractivity contribution in [2.45, 2.75) is 32.2 Å². The summed E-state index contributed by atoms with van der Waals surface area (Å²) in [5.41, 5.74) is 0. The van der Waals surface area contributed by atoms with Gasteiger partial charge in [-0.2, -0.15) is 0 Å². The van der Waals surface area contributed by atoms with E-state index in [4.69, 9.17) is 4.74 Å². The summed E-state index contributed by atoms with van der Waals surface area (Å²) in [5.74, 6) is 0. The number of hydrogen-bond donors (Lipinski definition) is 1. The second-order valence-electron chi connectivity index (χ2n) is 3.76. The quantitative estimate of drug-likeness (QED) is 0.696. The first-order valence-electron chi connectivity index (χ1n) is 5.29. The molecule has 0 unspecified atom stereocenters. The summed E-state index contributed by atoms with van der Waals surface area (Å²) in [4.78, 5) is 13.6. The standard InChI is InChI=1S/C10H20N2O2/c1-9-5-3-4-7-12(9)10(13)11-6-8-14-2/h9H,3-8H2,1-2H3,(H,11,13)/t9-/m1/s1. The molecule has 0 spiro atoms. The van der Waals surface area contributed by atoms with Gasteiger partial charge in [-0.3, -0.25) is 0 Å². The molecular formula is C10H20N2O2. The molecule has 14 heavy (non-hydrogen) atoms. The third kappa shape index (κ3) is 3.18. The molecule has 0 bridgehead atoms. The van der Waals surface area contributed by atoms with Crippen molar-refractivity contribution in [2.24, 2.45) is 0 Å². The first-order chi connectivity index (χ1) is 6.75. The number of nitrogens with zero attached hydrogens (tertiary/aromatic N) is 1. The van der Waals surface area contributed by atoms with Gasteiger partial charge >= 0.3 is 6.03 Å². The van der Waals surface area contributed by atoms with Crippen LogP contribution in [0.1, 0.15) is 26.2 Å². The van der Waals surface area contributed by atoms with Crippen molar-refractivity contribution >= 4 is 6.03 Å². The van der Waals surface area contributed by atoms with Crippen LogP contribution in [0.3, 0.4) is 0 Å². The second kappa shape index (κ2) is 5.86. The van der Waals surface area contributed by atoms with E-state index in [1.807, 2.05) is 4.90 Å². The van der Waals surface area contributed by atoms with E-state index in [0.717, 1.165) is 19.4 Å². The smallest absolute Gasteiger partial charge is 0.317 e. The molecule has 0 aliphatic carbocycles. The predicted molar refractivity (Wildman–Crippen MR) is 55.3 cm³/mol. The van der Waals surface area contributed by atoms with E-state index in [-0.39, 0.29) is 6.03 Å². The third-order valence-electron chi connectivity index (χ3n) is 2.65. The Morgan fingerprint density at radius 2 is 2.36 bits per heavy atom. The maximum absolute atomic E-state index is 11.6. The van der Waals surface area contributed by atoms with E-state index < -0.39 is 0 Å². The minimum Gasteiger partial charge on any atom is -0.383 e. The number of carbonyl (C=O) groups is 1. The molecular weight excluding hydrogens is 180 g/mol. The van der Waals surface area contributed by atoms with Gasteiger partial charge in [0.25, 0.3) is 0 Å². The topological polar surface area (TPSA) is 41.6 Å². The molecule has 1 heterocycles. The number of nitrogens with one attached hydrogen (secondary N) is 1. The van der Waals surface area contributed by atoms with Crippen molar-refractivity contribution in [3.63, 3.8) is 0 Å². The van der Waals surface area contributed by atoms with E-state index >= 15 is 0 Å². The summed E-state index contributed by atoms with van der Waals surface area (Å²) in [5, 5.41) is 2.85. The molecule has 1 rings (SSSR count). The number of hydrogen-bond acceptors (Lipinski definition) is 2. The van der Waals surface area contributed by atoms with Crippen molar-refractivity contribution < 1.29 is 9.53 Å². The van der Waals surface area contributed by atoms with Gasteiger partial charge in [0.15, 0.2) is 0 Å². The highest BCUT2D eigenvalue weighted by atomic mass is 16.5. The Bertz CT molecular complexity index is 185. The summed E-state index contributed by atoms with van der Waals surface area (Å²) in [7, 11) is 1.63. The van der Waals surface area contributed by atoms with Crippen molar-refractivity contribution in [3.8, 4) is 0 Å². The second-order valence-corrected chi connectivity index (χ2v) is 3.76. The van der Waals surface area contributed by atoms with E-state index in [2.05, 4.69) is 12.2 Å². The van der Waals surface area contributed by atoms with Gasteiger partial charge < -0.3 is 15.0 Å². The average molecular weight is 200 g/mol. The van der Waals surface area contributed by atoms with Crippen LogP contribution in [0.4, 0.5) is 4.79 Å². The zero-order valence-electron chi connectivity index (χ0n) is 9.08. The van der Waals surface area contributed by atoms with E-state index in [1.165, 1.54) is 6.42 Å². The molecule has 0 radical (unpaired) electrons. The summed E-state index contributed by atoms with van der Waals surface area (Å²) in [6.07, 6.45) is 3.49. The van der Waals surface area contributed by atoms with Gasteiger partial charge in [0.2, 0.25) is 0 Å². The molecule has 82 valence electrons. The molecule has 0 aromatic rings. The molecule has 0 aromatic carbocycles. The van der Waals surface area contributed by atoms with Gasteiger partial charge in [-0.15, -0.1) is 0 Å². The number of amides is 2. The molecule has 1 saturated heterocycles. The maximum atomic E-state index is 11.6. The lowest BCUT2D eigenvalue weighted by molar-refractivity contribution is 0.151. The predicted octanol–water partition coefficient (Wildman–Crippen LogP) is 1.22. The van der Waals surface area contributed by atoms with Gasteiger partial charge in [0.05, 0.1) is 6.61 Å². The highest BCUT2D eigenvalue weighted by Crippen LogP contribution is 2.15. The highest BCUT2D eigenvalue weighted by molar-refractivity contribution is 5.74. The van der Waals surface area contributed by atoms with Crippen LogP contribution in [0, 0.1) is 0 Å². The van der Waals surface area contributed by atoms with Crippen LogP contribution in [-0.4, -0.2) is 43.8 Å². The fraction of sp³-hybridized carbons (Fsp3) is 0.900. The van der Waals surface area contributed by atoms with Gasteiger partial charge in [-0.1, -0.05) is 0 Å². The maximum Gasteiger partial charge on any atom is 0.317 e. The zero-order valence-corrected chi connectivity index (χ0v) is 9.08. The van der Waals surface area contributed by atoms with Gasteiger partial charge in [0, 0.05) is 26.2 Å². The average Bonchev–Trinajstić information content (AvgIpc) is 2.18. The summed E-state index contributed by atoms with van der Waals surface area (Å²) < 4.78 is 4.87. The van der Waals surface area contributed by atoms with Crippen LogP contribution < -0.4 is 5.32 Å². The molecule has 4 nitrogen and oxygen atoms in total. The Kier molecular flexibility index (Phi) is 4.73. The number of rotatable bonds is 3. The van der Waals surface area contributed by atoms with Gasteiger partial charge in [-0.25, -0.2) is 4.79 Å². The number of methoxy groups -OCH3 is 1. The van der Waals surface area contributed by atoms with E-state index in [9.17, 15) is 4.79 Å². The van der Waals surface area contributed by atoms with Crippen LogP contribution in [0.25, 0.3) is 0 Å². The Hall–Kier alpha value is -0.770. The van der Waals surface area contributed by atoms with Crippen molar-refractivity contribution in [3.05, 3.63) is 0 Å². The first kappa shape index (κ1) is 11.3. The summed E-state index contributed by atoms with van der Waals surface area (Å²) >= 11 is 0. The molecule has 1 N–H and O–H groups in total. The Labute approximate surface area is 85.6 Å². The fourth-order valence-corrected chi connectivity index (χ4v) is 1.76. The molecule has 1 aliphatic rings. The minimum absolute atomic E-state index is 0.0502. The Morgan fingerprint density at radius 1 is 1.57 bits per heavy atom. The molecule has 1 atom stereocenters. The Balaban J connectivity index is 2.27. The molecule has 0 aromatic heterocycles. The van der Waals surface area contributed by atoms with Gasteiger partial charge in [-0.05, 0) is 26.2 Å².